The van der Waals surface area contributed by atoms with E-state index in [1.807, 2.05) is 13.8 Å². The standard InChI is InChI=1S/C20H30O5Si/c1-9-25-16-12(2)14-10-20(18(21)23-4,19(22)24-5)11-15(14)13(3)17(16)26(6,7)8/h9-11H2,1-8H3. The molecule has 2 rings (SSSR count). The second kappa shape index (κ2) is 7.06. The molecule has 0 spiro atoms. The summed E-state index contributed by atoms with van der Waals surface area (Å²) in [5.41, 5.74) is 2.95. The number of carbonyl (C=O) groups is 2. The van der Waals surface area contributed by atoms with E-state index in [1.165, 1.54) is 19.4 Å². The Morgan fingerprint density at radius 1 is 0.962 bits per heavy atom. The summed E-state index contributed by atoms with van der Waals surface area (Å²) in [6.07, 6.45) is 0.610. The van der Waals surface area contributed by atoms with Gasteiger partial charge in [0, 0.05) is 12.8 Å². The highest BCUT2D eigenvalue weighted by atomic mass is 28.3. The summed E-state index contributed by atoms with van der Waals surface area (Å²) in [6.45, 7) is 13.5. The first kappa shape index (κ1) is 20.5. The molecule has 1 aromatic carbocycles. The number of carbonyl (C=O) groups excluding carboxylic acids is 2. The quantitative estimate of drug-likeness (QED) is 0.448. The molecule has 0 heterocycles. The predicted octanol–water partition coefficient (Wildman–Crippen LogP) is 2.68. The molecule has 0 aromatic heterocycles. The van der Waals surface area contributed by atoms with Crippen molar-refractivity contribution in [1.29, 1.82) is 0 Å². The molecule has 1 aliphatic carbocycles. The third kappa shape index (κ3) is 3.04. The molecule has 0 saturated carbocycles. The summed E-state index contributed by atoms with van der Waals surface area (Å²) in [7, 11) is 0.920. The zero-order valence-electron chi connectivity index (χ0n) is 17.2. The van der Waals surface area contributed by atoms with Gasteiger partial charge in [-0.25, -0.2) is 0 Å². The number of rotatable bonds is 5. The molecule has 0 aliphatic heterocycles. The highest BCUT2D eigenvalue weighted by Gasteiger charge is 2.54. The maximum atomic E-state index is 12.6. The second-order valence-electron chi connectivity index (χ2n) is 8.01. The van der Waals surface area contributed by atoms with Crippen LogP contribution in [0.15, 0.2) is 0 Å². The van der Waals surface area contributed by atoms with Crippen molar-refractivity contribution in [2.24, 2.45) is 5.41 Å². The van der Waals surface area contributed by atoms with Crippen LogP contribution in [0, 0.1) is 19.3 Å². The maximum absolute atomic E-state index is 12.6. The molecule has 0 N–H and O–H groups in total. The van der Waals surface area contributed by atoms with E-state index in [0.29, 0.717) is 19.4 Å². The molecule has 0 radical (unpaired) electrons. The van der Waals surface area contributed by atoms with E-state index in [4.69, 9.17) is 14.2 Å². The van der Waals surface area contributed by atoms with Crippen molar-refractivity contribution in [2.75, 3.05) is 20.8 Å². The summed E-state index contributed by atoms with van der Waals surface area (Å²) in [6, 6.07) is 0. The smallest absolute Gasteiger partial charge is 0.323 e. The Hall–Kier alpha value is -1.82. The van der Waals surface area contributed by atoms with Crippen LogP contribution in [0.3, 0.4) is 0 Å². The Balaban J connectivity index is 2.76. The fourth-order valence-corrected chi connectivity index (χ4v) is 6.45. The maximum Gasteiger partial charge on any atom is 0.323 e. The van der Waals surface area contributed by atoms with Gasteiger partial charge in [-0.15, -0.1) is 0 Å². The molecule has 0 amide bonds. The van der Waals surface area contributed by atoms with Crippen LogP contribution in [0.25, 0.3) is 0 Å². The first-order valence-corrected chi connectivity index (χ1v) is 12.5. The van der Waals surface area contributed by atoms with Crippen molar-refractivity contribution >= 4 is 25.2 Å². The van der Waals surface area contributed by atoms with Crippen LogP contribution >= 0.6 is 0 Å². The fraction of sp³-hybridized carbons (Fsp3) is 0.600. The number of benzene rings is 1. The summed E-state index contributed by atoms with van der Waals surface area (Å²) in [4.78, 5) is 25.1. The molecule has 0 saturated heterocycles. The molecule has 5 nitrogen and oxygen atoms in total. The number of esters is 2. The number of hydrogen-bond donors (Lipinski definition) is 0. The lowest BCUT2D eigenvalue weighted by atomic mass is 9.84. The van der Waals surface area contributed by atoms with Gasteiger partial charge < -0.3 is 14.2 Å². The van der Waals surface area contributed by atoms with Gasteiger partial charge in [-0.2, -0.15) is 0 Å². The van der Waals surface area contributed by atoms with Crippen molar-refractivity contribution in [1.82, 2.24) is 0 Å². The molecule has 26 heavy (non-hydrogen) atoms. The molecule has 1 aliphatic rings. The van der Waals surface area contributed by atoms with Crippen LogP contribution in [0.1, 0.15) is 29.2 Å². The largest absolute Gasteiger partial charge is 0.494 e. The average Bonchev–Trinajstić information content (AvgIpc) is 2.99. The zero-order chi connectivity index (χ0) is 19.9. The Morgan fingerprint density at radius 3 is 1.81 bits per heavy atom. The summed E-state index contributed by atoms with van der Waals surface area (Å²) in [5, 5.41) is 1.26. The van der Waals surface area contributed by atoms with Gasteiger partial charge in [0.25, 0.3) is 0 Å². The summed E-state index contributed by atoms with van der Waals surface area (Å²) < 4.78 is 16.0. The zero-order valence-corrected chi connectivity index (χ0v) is 18.2. The minimum absolute atomic E-state index is 0.292. The molecule has 144 valence electrons. The number of methoxy groups -OCH3 is 2. The van der Waals surface area contributed by atoms with E-state index in [-0.39, 0.29) is 0 Å². The van der Waals surface area contributed by atoms with Gasteiger partial charge in [-0.1, -0.05) is 19.6 Å². The highest BCUT2D eigenvalue weighted by Crippen LogP contribution is 2.44. The minimum Gasteiger partial charge on any atom is -0.494 e. The van der Waals surface area contributed by atoms with Crippen molar-refractivity contribution in [3.8, 4) is 5.75 Å². The molecule has 0 bridgehead atoms. The Labute approximate surface area is 157 Å². The van der Waals surface area contributed by atoms with Crippen molar-refractivity contribution in [2.45, 2.75) is 53.3 Å². The first-order valence-electron chi connectivity index (χ1n) is 9.00. The number of hydrogen-bond acceptors (Lipinski definition) is 5. The number of fused-ring (bicyclic) bond motifs is 1. The molecule has 0 fully saturated rings. The Kier molecular flexibility index (Phi) is 5.56. The van der Waals surface area contributed by atoms with Gasteiger partial charge in [-0.05, 0) is 48.2 Å². The minimum atomic E-state index is -1.71. The molecular formula is C20H30O5Si. The lowest BCUT2D eigenvalue weighted by Crippen LogP contribution is -2.42. The fourth-order valence-electron chi connectivity index (χ4n) is 4.23. The van der Waals surface area contributed by atoms with Crippen LogP contribution in [0.5, 0.6) is 5.75 Å². The Bertz CT molecular complexity index is 730. The van der Waals surface area contributed by atoms with Crippen LogP contribution in [-0.2, 0) is 31.9 Å². The van der Waals surface area contributed by atoms with Crippen molar-refractivity contribution < 1.29 is 23.8 Å². The summed E-state index contributed by atoms with van der Waals surface area (Å²) >= 11 is 0. The van der Waals surface area contributed by atoms with Crippen LogP contribution < -0.4 is 9.92 Å². The first-order chi connectivity index (χ1) is 12.0. The summed E-state index contributed by atoms with van der Waals surface area (Å²) in [5.74, 6) is -0.146. The number of ether oxygens (including phenoxy) is 3. The van der Waals surface area contributed by atoms with Crippen LogP contribution in [0.2, 0.25) is 19.6 Å². The van der Waals surface area contributed by atoms with E-state index in [0.717, 1.165) is 28.0 Å². The highest BCUT2D eigenvalue weighted by molar-refractivity contribution is 6.89. The van der Waals surface area contributed by atoms with E-state index in [2.05, 4.69) is 26.6 Å². The monoisotopic (exact) mass is 378 g/mol. The van der Waals surface area contributed by atoms with Gasteiger partial charge in [0.1, 0.15) is 5.75 Å². The lowest BCUT2D eigenvalue weighted by molar-refractivity contribution is -0.168. The van der Waals surface area contributed by atoms with Crippen LogP contribution in [0.4, 0.5) is 0 Å². The second-order valence-corrected chi connectivity index (χ2v) is 13.0. The molecule has 0 atom stereocenters. The van der Waals surface area contributed by atoms with Gasteiger partial charge in [0.2, 0.25) is 0 Å². The van der Waals surface area contributed by atoms with Crippen molar-refractivity contribution in [3.05, 3.63) is 22.3 Å². The van der Waals surface area contributed by atoms with Crippen LogP contribution in [-0.4, -0.2) is 40.8 Å². The Morgan fingerprint density at radius 2 is 1.42 bits per heavy atom. The van der Waals surface area contributed by atoms with E-state index >= 15 is 0 Å². The third-order valence-electron chi connectivity index (χ3n) is 5.36. The third-order valence-corrected chi connectivity index (χ3v) is 7.46. The predicted molar refractivity (Wildman–Crippen MR) is 104 cm³/mol. The topological polar surface area (TPSA) is 61.8 Å². The molecule has 0 unspecified atom stereocenters. The molecule has 1 aromatic rings. The lowest BCUT2D eigenvalue weighted by Gasteiger charge is -2.27. The molecule has 6 heteroatoms. The van der Waals surface area contributed by atoms with E-state index in [1.54, 1.807) is 0 Å². The van der Waals surface area contributed by atoms with E-state index < -0.39 is 25.4 Å². The van der Waals surface area contributed by atoms with Crippen molar-refractivity contribution in [3.63, 3.8) is 0 Å². The van der Waals surface area contributed by atoms with Gasteiger partial charge >= 0.3 is 11.9 Å². The van der Waals surface area contributed by atoms with Gasteiger partial charge in [-0.3, -0.25) is 9.59 Å². The molecular weight excluding hydrogens is 348 g/mol. The van der Waals surface area contributed by atoms with E-state index in [9.17, 15) is 9.59 Å². The average molecular weight is 379 g/mol. The van der Waals surface area contributed by atoms with Gasteiger partial charge in [0.15, 0.2) is 5.41 Å². The SMILES string of the molecule is CCOc1c(C)c2c(c(C)c1[Si](C)(C)C)CC(C(=O)OC)(C(=O)OC)C2. The van der Waals surface area contributed by atoms with Gasteiger partial charge in [0.05, 0.1) is 28.9 Å². The normalized spacial score (nSPS) is 15.4.